The lowest BCUT2D eigenvalue weighted by molar-refractivity contribution is 0.253. The molecule has 1 atom stereocenters. The predicted molar refractivity (Wildman–Crippen MR) is 32.5 cm³/mol. The lowest BCUT2D eigenvalue weighted by Gasteiger charge is -2.10. The van der Waals surface area contributed by atoms with Crippen LogP contribution in [0.4, 0.5) is 0 Å². The number of hydrogen-bond donors (Lipinski definition) is 1. The van der Waals surface area contributed by atoms with Crippen LogP contribution in [-0.2, 0) is 0 Å². The summed E-state index contributed by atoms with van der Waals surface area (Å²) in [6.45, 7) is 1.85. The summed E-state index contributed by atoms with van der Waals surface area (Å²) < 4.78 is 0. The first kappa shape index (κ1) is 5.44. The molecule has 0 saturated carbocycles. The van der Waals surface area contributed by atoms with Crippen molar-refractivity contribution in [1.29, 1.82) is 0 Å². The monoisotopic (exact) mass is 112 g/mol. The molecule has 1 unspecified atom stereocenters. The first-order chi connectivity index (χ1) is 3.77. The fourth-order valence-corrected chi connectivity index (χ4v) is 0.474. The van der Waals surface area contributed by atoms with Crippen LogP contribution in [0.3, 0.4) is 0 Å². The van der Waals surface area contributed by atoms with Crippen molar-refractivity contribution < 1.29 is 5.11 Å². The van der Waals surface area contributed by atoms with E-state index in [1.807, 2.05) is 6.92 Å². The van der Waals surface area contributed by atoms with Gasteiger partial charge >= 0.3 is 0 Å². The molecule has 44 valence electrons. The lowest BCUT2D eigenvalue weighted by Crippen LogP contribution is -2.25. The van der Waals surface area contributed by atoms with E-state index in [9.17, 15) is 0 Å². The summed E-state index contributed by atoms with van der Waals surface area (Å²) in [7, 11) is 0. The van der Waals surface area contributed by atoms with Gasteiger partial charge in [0.1, 0.15) is 11.9 Å². The van der Waals surface area contributed by atoms with Crippen LogP contribution in [0.2, 0.25) is 0 Å². The summed E-state index contributed by atoms with van der Waals surface area (Å²) in [6.07, 6.45) is 3.09. The Balaban J connectivity index is 2.69. The van der Waals surface area contributed by atoms with Crippen LogP contribution in [-0.4, -0.2) is 29.8 Å². The van der Waals surface area contributed by atoms with Gasteiger partial charge in [0, 0.05) is 6.21 Å². The van der Waals surface area contributed by atoms with Crippen LogP contribution in [0.1, 0.15) is 6.92 Å². The molecule has 1 aliphatic heterocycles. The smallest absolute Gasteiger partial charge is 0.118 e. The van der Waals surface area contributed by atoms with Crippen molar-refractivity contribution in [3.05, 3.63) is 0 Å². The molecular formula is C5H8N2O. The standard InChI is InChI=1S/C5H8N2O/c1-5(3-8)2-6-4-7-5/h2,4,8H,3H2,1H3. The van der Waals surface area contributed by atoms with Crippen molar-refractivity contribution in [3.63, 3.8) is 0 Å². The first-order valence-electron chi connectivity index (χ1n) is 2.46. The van der Waals surface area contributed by atoms with Gasteiger partial charge in [-0.2, -0.15) is 0 Å². The highest BCUT2D eigenvalue weighted by atomic mass is 16.3. The summed E-state index contributed by atoms with van der Waals surface area (Å²) in [5.41, 5.74) is -0.431. The van der Waals surface area contributed by atoms with E-state index in [0.717, 1.165) is 0 Å². The minimum Gasteiger partial charge on any atom is -0.393 e. The van der Waals surface area contributed by atoms with Crippen LogP contribution in [0.25, 0.3) is 0 Å². The van der Waals surface area contributed by atoms with Gasteiger partial charge in [0.25, 0.3) is 0 Å². The Morgan fingerprint density at radius 1 is 1.75 bits per heavy atom. The average Bonchev–Trinajstić information content (AvgIpc) is 2.17. The van der Waals surface area contributed by atoms with Gasteiger partial charge in [0.05, 0.1) is 6.61 Å². The highest BCUT2D eigenvalue weighted by molar-refractivity contribution is 5.85. The number of aliphatic hydroxyl groups excluding tert-OH is 1. The van der Waals surface area contributed by atoms with Crippen molar-refractivity contribution in [1.82, 2.24) is 0 Å². The number of aliphatic imine (C=N–C) groups is 2. The molecule has 0 aromatic heterocycles. The first-order valence-corrected chi connectivity index (χ1v) is 2.46. The third-order valence-corrected chi connectivity index (χ3v) is 1.09. The highest BCUT2D eigenvalue weighted by Crippen LogP contribution is 2.07. The molecule has 0 radical (unpaired) electrons. The number of aliphatic hydroxyl groups is 1. The quantitative estimate of drug-likeness (QED) is 0.503. The Morgan fingerprint density at radius 2 is 2.50 bits per heavy atom. The SMILES string of the molecule is CC1(CO)C=NC=N1. The molecule has 0 aromatic rings. The Kier molecular flexibility index (Phi) is 1.13. The van der Waals surface area contributed by atoms with E-state index in [-0.39, 0.29) is 6.61 Å². The van der Waals surface area contributed by atoms with E-state index in [1.165, 1.54) is 6.34 Å². The molecule has 1 heterocycles. The van der Waals surface area contributed by atoms with Gasteiger partial charge in [0.15, 0.2) is 0 Å². The van der Waals surface area contributed by atoms with Crippen LogP contribution >= 0.6 is 0 Å². The molecule has 0 aliphatic carbocycles. The van der Waals surface area contributed by atoms with Crippen molar-refractivity contribution in [2.24, 2.45) is 9.98 Å². The van der Waals surface area contributed by atoms with E-state index in [2.05, 4.69) is 9.98 Å². The lowest BCUT2D eigenvalue weighted by atomic mass is 10.1. The van der Waals surface area contributed by atoms with Gasteiger partial charge < -0.3 is 5.11 Å². The van der Waals surface area contributed by atoms with Gasteiger partial charge in [-0.25, -0.2) is 4.99 Å². The molecule has 0 fully saturated rings. The second-order valence-corrected chi connectivity index (χ2v) is 2.04. The molecule has 3 nitrogen and oxygen atoms in total. The van der Waals surface area contributed by atoms with Gasteiger partial charge in [0.2, 0.25) is 0 Å². The molecule has 8 heavy (non-hydrogen) atoms. The Bertz CT molecular complexity index is 127. The molecule has 0 aromatic carbocycles. The summed E-state index contributed by atoms with van der Waals surface area (Å²) in [5, 5.41) is 8.62. The predicted octanol–water partition coefficient (Wildman–Crippen LogP) is -0.150. The van der Waals surface area contributed by atoms with Gasteiger partial charge in [-0.05, 0) is 6.92 Å². The van der Waals surface area contributed by atoms with Crippen molar-refractivity contribution in [2.75, 3.05) is 6.61 Å². The maximum atomic E-state index is 8.62. The zero-order chi connectivity index (χ0) is 6.04. The fraction of sp³-hybridized carbons (Fsp3) is 0.600. The van der Waals surface area contributed by atoms with Gasteiger partial charge in [-0.1, -0.05) is 0 Å². The molecule has 3 heteroatoms. The minimum absolute atomic E-state index is 0.0347. The third kappa shape index (κ3) is 0.767. The van der Waals surface area contributed by atoms with E-state index in [0.29, 0.717) is 0 Å². The summed E-state index contributed by atoms with van der Waals surface area (Å²) >= 11 is 0. The molecule has 1 aliphatic rings. The fourth-order valence-electron chi connectivity index (χ4n) is 0.474. The third-order valence-electron chi connectivity index (χ3n) is 1.09. The zero-order valence-corrected chi connectivity index (χ0v) is 4.70. The number of rotatable bonds is 1. The van der Waals surface area contributed by atoms with Gasteiger partial charge in [-0.15, -0.1) is 0 Å². The normalized spacial score (nSPS) is 34.2. The van der Waals surface area contributed by atoms with Gasteiger partial charge in [-0.3, -0.25) is 4.99 Å². The molecule has 0 spiro atoms. The maximum absolute atomic E-state index is 8.62. The number of nitrogens with zero attached hydrogens (tertiary/aromatic N) is 2. The Labute approximate surface area is 47.8 Å². The second-order valence-electron chi connectivity index (χ2n) is 2.04. The molecule has 0 amide bonds. The van der Waals surface area contributed by atoms with Crippen molar-refractivity contribution >= 4 is 12.6 Å². The molecule has 0 saturated heterocycles. The van der Waals surface area contributed by atoms with Crippen LogP contribution < -0.4 is 0 Å². The molecular weight excluding hydrogens is 104 g/mol. The average molecular weight is 112 g/mol. The van der Waals surface area contributed by atoms with E-state index in [1.54, 1.807) is 6.21 Å². The van der Waals surface area contributed by atoms with Crippen LogP contribution in [0.15, 0.2) is 9.98 Å². The summed E-state index contributed by atoms with van der Waals surface area (Å²) in [4.78, 5) is 7.62. The van der Waals surface area contributed by atoms with Crippen LogP contribution in [0, 0.1) is 0 Å². The molecule has 0 bridgehead atoms. The van der Waals surface area contributed by atoms with E-state index >= 15 is 0 Å². The summed E-state index contributed by atoms with van der Waals surface area (Å²) in [6, 6.07) is 0. The van der Waals surface area contributed by atoms with E-state index < -0.39 is 5.54 Å². The minimum atomic E-state index is -0.431. The van der Waals surface area contributed by atoms with Crippen molar-refractivity contribution in [3.8, 4) is 0 Å². The Hall–Kier alpha value is -0.700. The molecule has 1 N–H and O–H groups in total. The topological polar surface area (TPSA) is 45.0 Å². The molecule has 1 rings (SSSR count). The second kappa shape index (κ2) is 1.67. The Morgan fingerprint density at radius 3 is 2.75 bits per heavy atom. The van der Waals surface area contributed by atoms with Crippen LogP contribution in [0.5, 0.6) is 0 Å². The van der Waals surface area contributed by atoms with Crippen molar-refractivity contribution in [2.45, 2.75) is 12.5 Å². The summed E-state index contributed by atoms with van der Waals surface area (Å²) in [5.74, 6) is 0. The van der Waals surface area contributed by atoms with E-state index in [4.69, 9.17) is 5.11 Å². The largest absolute Gasteiger partial charge is 0.393 e. The highest BCUT2D eigenvalue weighted by Gasteiger charge is 2.20. The zero-order valence-electron chi connectivity index (χ0n) is 4.70. The maximum Gasteiger partial charge on any atom is 0.118 e. The number of hydrogen-bond acceptors (Lipinski definition) is 3.